The zero-order valence-electron chi connectivity index (χ0n) is 31.0. The number of fused-ring (bicyclic) bond motifs is 7. The van der Waals surface area contributed by atoms with Crippen LogP contribution < -0.4 is 9.80 Å². The van der Waals surface area contributed by atoms with E-state index in [0.29, 0.717) is 19.0 Å². The minimum absolute atomic E-state index is 0.0342. The molecule has 52 heavy (non-hydrogen) atoms. The number of allylic oxidation sites excluding steroid dienone is 7. The van der Waals surface area contributed by atoms with Crippen molar-refractivity contribution in [3.05, 3.63) is 131 Å². The topological polar surface area (TPSA) is 81.1 Å². The highest BCUT2D eigenvalue weighted by Gasteiger charge is 2.44. The van der Waals surface area contributed by atoms with Gasteiger partial charge in [0.2, 0.25) is 0 Å². The van der Waals surface area contributed by atoms with Gasteiger partial charge < -0.3 is 20.0 Å². The van der Waals surface area contributed by atoms with Crippen LogP contribution in [0.5, 0.6) is 0 Å². The predicted octanol–water partition coefficient (Wildman–Crippen LogP) is 10.3. The van der Waals surface area contributed by atoms with Crippen molar-refractivity contribution in [3.8, 4) is 0 Å². The highest BCUT2D eigenvalue weighted by atomic mass is 16.4. The fourth-order valence-electron chi connectivity index (χ4n) is 9.16. The Morgan fingerprint density at radius 2 is 1.40 bits per heavy atom. The van der Waals surface area contributed by atoms with Crippen LogP contribution in [0.1, 0.15) is 77.8 Å². The highest BCUT2D eigenvalue weighted by Crippen LogP contribution is 2.54. The van der Waals surface area contributed by atoms with Crippen molar-refractivity contribution in [3.63, 3.8) is 0 Å². The van der Waals surface area contributed by atoms with E-state index in [4.69, 9.17) is 0 Å². The average Bonchev–Trinajstić information content (AvgIpc) is 3.49. The van der Waals surface area contributed by atoms with Gasteiger partial charge in [0.25, 0.3) is 0 Å². The molecule has 2 N–H and O–H groups in total. The second-order valence-corrected chi connectivity index (χ2v) is 15.8. The fraction of sp³-hybridized carbons (Fsp3) is 0.348. The minimum Gasteiger partial charge on any atom is -0.481 e. The van der Waals surface area contributed by atoms with Crippen molar-refractivity contribution in [2.45, 2.75) is 83.6 Å². The van der Waals surface area contributed by atoms with Crippen molar-refractivity contribution >= 4 is 44.9 Å². The molecule has 0 bridgehead atoms. The van der Waals surface area contributed by atoms with Crippen molar-refractivity contribution in [1.82, 2.24) is 0 Å². The number of hydrogen-bond donors (Lipinski definition) is 2. The van der Waals surface area contributed by atoms with Crippen LogP contribution in [0.15, 0.2) is 120 Å². The van der Waals surface area contributed by atoms with E-state index in [1.165, 1.54) is 38.4 Å². The smallest absolute Gasteiger partial charge is 0.305 e. The molecule has 0 spiro atoms. The lowest BCUT2D eigenvalue weighted by molar-refractivity contribution is -0.137. The second-order valence-electron chi connectivity index (χ2n) is 15.8. The van der Waals surface area contributed by atoms with Crippen LogP contribution >= 0.6 is 0 Å². The lowest BCUT2D eigenvalue weighted by Gasteiger charge is -2.32. The van der Waals surface area contributed by atoms with E-state index in [2.05, 4.69) is 142 Å². The number of aliphatic carboxylic acids is 2. The summed E-state index contributed by atoms with van der Waals surface area (Å²) in [6.07, 6.45) is 14.6. The van der Waals surface area contributed by atoms with Crippen LogP contribution in [0.25, 0.3) is 21.5 Å². The summed E-state index contributed by atoms with van der Waals surface area (Å²) >= 11 is 0. The number of anilines is 2. The van der Waals surface area contributed by atoms with E-state index in [1.807, 2.05) is 6.07 Å². The molecule has 1 aliphatic carbocycles. The Bertz CT molecular complexity index is 2190. The van der Waals surface area contributed by atoms with Gasteiger partial charge in [-0.25, -0.2) is 0 Å². The third-order valence-electron chi connectivity index (χ3n) is 11.8. The summed E-state index contributed by atoms with van der Waals surface area (Å²) in [5.74, 6) is -1.08. The fourth-order valence-corrected chi connectivity index (χ4v) is 9.16. The maximum atomic E-state index is 12.0. The first-order valence-corrected chi connectivity index (χ1v) is 18.7. The third-order valence-corrected chi connectivity index (χ3v) is 11.8. The largest absolute Gasteiger partial charge is 0.481 e. The molecule has 0 saturated heterocycles. The average molecular weight is 695 g/mol. The second kappa shape index (κ2) is 13.8. The molecule has 4 aromatic carbocycles. The molecule has 0 saturated carbocycles. The van der Waals surface area contributed by atoms with Gasteiger partial charge in [-0.3, -0.25) is 9.59 Å². The molecule has 6 nitrogen and oxygen atoms in total. The van der Waals surface area contributed by atoms with E-state index in [1.54, 1.807) is 0 Å². The van der Waals surface area contributed by atoms with Gasteiger partial charge in [-0.2, -0.15) is 0 Å². The highest BCUT2D eigenvalue weighted by molar-refractivity contribution is 6.17. The Balaban J connectivity index is 1.28. The summed E-state index contributed by atoms with van der Waals surface area (Å²) < 4.78 is 0. The Labute approximate surface area is 307 Å². The molecule has 0 aromatic heterocycles. The number of nitrogens with zero attached hydrogens (tertiary/aromatic N) is 2. The third kappa shape index (κ3) is 6.23. The molecule has 0 amide bonds. The molecule has 0 radical (unpaired) electrons. The van der Waals surface area contributed by atoms with Gasteiger partial charge in [-0.15, -0.1) is 0 Å². The SMILES string of the molecule is CCC1CC(/C=C/C2N(CCC(=O)O)c3ccccc3C2(C)C)=CC(=C/C=C2\N(CCC(=O)O)c3c(c4ccccc4c4ccccc34)C2(C)C)/C1. The van der Waals surface area contributed by atoms with Crippen LogP contribution in [0, 0.1) is 5.92 Å². The standard InChI is InChI=1S/C46H50N2O4/c1-6-30-27-31(19-21-39-45(2,3)37-17-11-12-18-38(37)47(39)25-23-41(49)50)29-32(28-30)20-22-40-46(4,5)43-35-15-9-7-13-33(35)34-14-8-10-16-36(34)44(43)48(40)26-24-42(51)52/h7-22,29-30,39H,6,23-28H2,1-5H3,(H,49,50)(H,51,52)/b21-19+,32-20+,40-22-. The van der Waals surface area contributed by atoms with Gasteiger partial charge in [0, 0.05) is 40.7 Å². The number of benzene rings is 4. The molecule has 2 aliphatic heterocycles. The number of carboxylic acids is 2. The molecule has 2 atom stereocenters. The van der Waals surface area contributed by atoms with E-state index < -0.39 is 11.9 Å². The summed E-state index contributed by atoms with van der Waals surface area (Å²) in [6, 6.07) is 25.5. The zero-order chi connectivity index (χ0) is 36.8. The van der Waals surface area contributed by atoms with Crippen molar-refractivity contribution in [2.24, 2.45) is 5.92 Å². The summed E-state index contributed by atoms with van der Waals surface area (Å²) in [7, 11) is 0. The first kappa shape index (κ1) is 35.3. The molecule has 2 heterocycles. The van der Waals surface area contributed by atoms with Gasteiger partial charge in [0.15, 0.2) is 0 Å². The van der Waals surface area contributed by atoms with Crippen LogP contribution in [0.3, 0.4) is 0 Å². The van der Waals surface area contributed by atoms with Crippen LogP contribution in [-0.4, -0.2) is 41.3 Å². The maximum absolute atomic E-state index is 12.0. The van der Waals surface area contributed by atoms with Gasteiger partial charge in [0.05, 0.1) is 24.6 Å². The normalized spacial score (nSPS) is 22.1. The molecule has 2 unspecified atom stereocenters. The number of hydrogen-bond acceptors (Lipinski definition) is 4. The lowest BCUT2D eigenvalue weighted by Crippen LogP contribution is -2.41. The van der Waals surface area contributed by atoms with Gasteiger partial charge in [0.1, 0.15) is 0 Å². The molecule has 4 aromatic rings. The quantitative estimate of drug-likeness (QED) is 0.161. The zero-order valence-corrected chi connectivity index (χ0v) is 31.0. The number of carboxylic acid groups (broad SMARTS) is 2. The Hall–Kier alpha value is -5.10. The van der Waals surface area contributed by atoms with Crippen molar-refractivity contribution in [1.29, 1.82) is 0 Å². The van der Waals surface area contributed by atoms with E-state index in [-0.39, 0.29) is 29.7 Å². The first-order valence-electron chi connectivity index (χ1n) is 18.7. The molecular weight excluding hydrogens is 645 g/mol. The predicted molar refractivity (Wildman–Crippen MR) is 213 cm³/mol. The van der Waals surface area contributed by atoms with Gasteiger partial charge in [-0.1, -0.05) is 132 Å². The summed E-state index contributed by atoms with van der Waals surface area (Å²) in [6.45, 7) is 12.2. The lowest BCUT2D eigenvalue weighted by atomic mass is 9.79. The molecular formula is C46H50N2O4. The van der Waals surface area contributed by atoms with E-state index in [9.17, 15) is 19.8 Å². The molecule has 268 valence electrons. The summed E-state index contributed by atoms with van der Waals surface area (Å²) in [5.41, 5.74) is 7.86. The van der Waals surface area contributed by atoms with Crippen LogP contribution in [0.2, 0.25) is 0 Å². The van der Waals surface area contributed by atoms with Gasteiger partial charge in [-0.05, 0) is 69.3 Å². The molecule has 6 heteroatoms. The maximum Gasteiger partial charge on any atom is 0.305 e. The molecule has 3 aliphatic rings. The van der Waals surface area contributed by atoms with E-state index >= 15 is 0 Å². The van der Waals surface area contributed by atoms with Crippen molar-refractivity contribution < 1.29 is 19.8 Å². The monoisotopic (exact) mass is 694 g/mol. The molecule has 0 fully saturated rings. The summed E-state index contributed by atoms with van der Waals surface area (Å²) in [5, 5.41) is 24.1. The van der Waals surface area contributed by atoms with Crippen LogP contribution in [-0.2, 0) is 20.4 Å². The van der Waals surface area contributed by atoms with E-state index in [0.717, 1.165) is 41.7 Å². The van der Waals surface area contributed by atoms with Gasteiger partial charge >= 0.3 is 11.9 Å². The Morgan fingerprint density at radius 1 is 0.788 bits per heavy atom. The van der Waals surface area contributed by atoms with Crippen molar-refractivity contribution in [2.75, 3.05) is 22.9 Å². The number of para-hydroxylation sites is 1. The number of carbonyl (C=O) groups is 2. The minimum atomic E-state index is -0.804. The first-order chi connectivity index (χ1) is 24.9. The molecule has 7 rings (SSSR count). The Morgan fingerprint density at radius 3 is 2.10 bits per heavy atom. The number of rotatable bonds is 10. The Kier molecular flexibility index (Phi) is 9.37. The summed E-state index contributed by atoms with van der Waals surface area (Å²) in [4.78, 5) is 28.1. The van der Waals surface area contributed by atoms with Crippen LogP contribution in [0.4, 0.5) is 11.4 Å².